The molecule has 1 aromatic carbocycles. The van der Waals surface area contributed by atoms with Crippen molar-refractivity contribution in [3.05, 3.63) is 32.4 Å². The molecule has 0 amide bonds. The van der Waals surface area contributed by atoms with Crippen molar-refractivity contribution in [2.45, 2.75) is 38.5 Å². The van der Waals surface area contributed by atoms with Gasteiger partial charge in [0.2, 0.25) is 0 Å². The molecule has 1 aliphatic heterocycles. The first-order chi connectivity index (χ1) is 12.3. The molecule has 2 aromatic rings. The van der Waals surface area contributed by atoms with E-state index in [0.717, 1.165) is 9.03 Å². The van der Waals surface area contributed by atoms with Crippen molar-refractivity contribution in [1.29, 1.82) is 0 Å². The first kappa shape index (κ1) is 19.0. The number of fused-ring (bicyclic) bond motifs is 1. The molecule has 136 valence electrons. The van der Waals surface area contributed by atoms with Crippen molar-refractivity contribution in [3.8, 4) is 0 Å². The van der Waals surface area contributed by atoms with Gasteiger partial charge >= 0.3 is 5.97 Å². The maximum absolute atomic E-state index is 12.7. The summed E-state index contributed by atoms with van der Waals surface area (Å²) in [6.07, 6.45) is 2.01. The number of nitrogens with zero attached hydrogens (tertiary/aromatic N) is 2. The fraction of sp³-hybridized carbons (Fsp3) is 0.412. The standard InChI is InChI=1S/C17H19BIN3O4/c1-9(23)26-16-2-3-20-15(16)4-10(24)7-22-8-21-14-6-12(18)13(19)5-11(14)17(22)25/h5-6,8,15-16,20H,2-4,7,18H2,1H3. The van der Waals surface area contributed by atoms with Crippen LogP contribution in [0.1, 0.15) is 19.8 Å². The second-order valence-corrected chi connectivity index (χ2v) is 7.70. The van der Waals surface area contributed by atoms with E-state index < -0.39 is 0 Å². The van der Waals surface area contributed by atoms with Crippen molar-refractivity contribution >= 4 is 58.6 Å². The third-order valence-corrected chi connectivity index (χ3v) is 5.66. The van der Waals surface area contributed by atoms with E-state index in [1.54, 1.807) is 6.07 Å². The highest BCUT2D eigenvalue weighted by molar-refractivity contribution is 14.1. The Morgan fingerprint density at radius 2 is 2.23 bits per heavy atom. The lowest BCUT2D eigenvalue weighted by atomic mass is 9.95. The number of ether oxygens (including phenoxy) is 1. The predicted octanol–water partition coefficient (Wildman–Crippen LogP) is -0.488. The van der Waals surface area contributed by atoms with Gasteiger partial charge in [0, 0.05) is 16.9 Å². The quantitative estimate of drug-likeness (QED) is 0.363. The summed E-state index contributed by atoms with van der Waals surface area (Å²) in [4.78, 5) is 40.6. The average Bonchev–Trinajstić information content (AvgIpc) is 2.98. The summed E-state index contributed by atoms with van der Waals surface area (Å²) in [6, 6.07) is 3.47. The van der Waals surface area contributed by atoms with Gasteiger partial charge in [0.05, 0.1) is 29.8 Å². The maximum Gasteiger partial charge on any atom is 0.302 e. The van der Waals surface area contributed by atoms with Crippen LogP contribution in [0.5, 0.6) is 0 Å². The van der Waals surface area contributed by atoms with Crippen LogP contribution < -0.4 is 16.3 Å². The molecule has 1 fully saturated rings. The molecule has 1 aliphatic rings. The maximum atomic E-state index is 12.7. The Labute approximate surface area is 165 Å². The summed E-state index contributed by atoms with van der Waals surface area (Å²) in [5.41, 5.74) is 1.46. The predicted molar refractivity (Wildman–Crippen MR) is 108 cm³/mol. The Balaban J connectivity index is 1.75. The van der Waals surface area contributed by atoms with Gasteiger partial charge in [-0.1, -0.05) is 5.46 Å². The smallest absolute Gasteiger partial charge is 0.302 e. The number of benzene rings is 1. The van der Waals surface area contributed by atoms with Gasteiger partial charge in [-0.15, -0.1) is 0 Å². The third-order valence-electron chi connectivity index (χ3n) is 4.50. The van der Waals surface area contributed by atoms with Crippen LogP contribution in [-0.2, 0) is 20.9 Å². The molecule has 7 nitrogen and oxygen atoms in total. The van der Waals surface area contributed by atoms with Crippen LogP contribution in [0.3, 0.4) is 0 Å². The van der Waals surface area contributed by atoms with Gasteiger partial charge < -0.3 is 10.1 Å². The zero-order chi connectivity index (χ0) is 18.8. The number of Topliss-reactive ketones (excluding diaryl/α,β-unsaturated/α-hetero) is 1. The molecule has 1 saturated heterocycles. The number of ketones is 1. The van der Waals surface area contributed by atoms with Gasteiger partial charge in [-0.25, -0.2) is 4.98 Å². The molecule has 0 aliphatic carbocycles. The molecule has 2 heterocycles. The van der Waals surface area contributed by atoms with Gasteiger partial charge in [0.1, 0.15) is 14.0 Å². The van der Waals surface area contributed by atoms with Crippen molar-refractivity contribution < 1.29 is 14.3 Å². The molecule has 26 heavy (non-hydrogen) atoms. The molecular weight excluding hydrogens is 448 g/mol. The largest absolute Gasteiger partial charge is 0.461 e. The lowest BCUT2D eigenvalue weighted by Crippen LogP contribution is -2.36. The SMILES string of the molecule is Bc1cc2ncn(CC(=O)CC3NCCC3OC(C)=O)c(=O)c2cc1I. The molecule has 9 heteroatoms. The van der Waals surface area contributed by atoms with Gasteiger partial charge in [-0.05, 0) is 47.7 Å². The van der Waals surface area contributed by atoms with Crippen LogP contribution in [0.15, 0.2) is 23.3 Å². The normalized spacial score (nSPS) is 19.6. The second-order valence-electron chi connectivity index (χ2n) is 6.54. The molecule has 1 N–H and O–H groups in total. The summed E-state index contributed by atoms with van der Waals surface area (Å²) in [7, 11) is 1.96. The number of carbonyl (C=O) groups is 2. The minimum absolute atomic E-state index is 0.0444. The topological polar surface area (TPSA) is 90.3 Å². The van der Waals surface area contributed by atoms with Crippen LogP contribution in [0.2, 0.25) is 0 Å². The van der Waals surface area contributed by atoms with Crippen molar-refractivity contribution in [2.24, 2.45) is 0 Å². The summed E-state index contributed by atoms with van der Waals surface area (Å²) < 4.78 is 7.57. The van der Waals surface area contributed by atoms with Crippen molar-refractivity contribution in [1.82, 2.24) is 14.9 Å². The minimum Gasteiger partial charge on any atom is -0.461 e. The monoisotopic (exact) mass is 467 g/mol. The van der Waals surface area contributed by atoms with Crippen LogP contribution in [0.25, 0.3) is 10.9 Å². The van der Waals surface area contributed by atoms with Crippen LogP contribution in [0, 0.1) is 3.57 Å². The van der Waals surface area contributed by atoms with Crippen LogP contribution >= 0.6 is 22.6 Å². The van der Waals surface area contributed by atoms with E-state index in [1.807, 2.05) is 13.9 Å². The number of nitrogens with one attached hydrogen (secondary N) is 1. The Morgan fingerprint density at radius 1 is 1.46 bits per heavy atom. The van der Waals surface area contributed by atoms with E-state index in [0.29, 0.717) is 23.9 Å². The number of carbonyl (C=O) groups excluding carboxylic acids is 2. The minimum atomic E-state index is -0.351. The third kappa shape index (κ3) is 4.14. The molecule has 0 saturated carbocycles. The lowest BCUT2D eigenvalue weighted by molar-refractivity contribution is -0.147. The second kappa shape index (κ2) is 7.87. The Bertz CT molecular complexity index is 930. The van der Waals surface area contributed by atoms with Gasteiger partial charge in [0.25, 0.3) is 5.56 Å². The van der Waals surface area contributed by atoms with E-state index >= 15 is 0 Å². The highest BCUT2D eigenvalue weighted by Gasteiger charge is 2.31. The first-order valence-electron chi connectivity index (χ1n) is 8.42. The fourth-order valence-corrected chi connectivity index (χ4v) is 3.66. The fourth-order valence-electron chi connectivity index (χ4n) is 3.20. The van der Waals surface area contributed by atoms with E-state index in [4.69, 9.17) is 4.74 Å². The summed E-state index contributed by atoms with van der Waals surface area (Å²) in [5.74, 6) is -0.456. The van der Waals surface area contributed by atoms with Crippen molar-refractivity contribution in [2.75, 3.05) is 6.54 Å². The first-order valence-corrected chi connectivity index (χ1v) is 9.50. The number of aromatic nitrogens is 2. The molecule has 2 atom stereocenters. The number of halogens is 1. The Hall–Kier alpha value is -1.75. The summed E-state index contributed by atoms with van der Waals surface area (Å²) in [6.45, 7) is 2.02. The average molecular weight is 467 g/mol. The molecule has 3 rings (SSSR count). The highest BCUT2D eigenvalue weighted by Crippen LogP contribution is 2.15. The Morgan fingerprint density at radius 3 is 2.96 bits per heavy atom. The zero-order valence-electron chi connectivity index (χ0n) is 14.6. The van der Waals surface area contributed by atoms with E-state index in [9.17, 15) is 14.4 Å². The number of rotatable bonds is 5. The van der Waals surface area contributed by atoms with E-state index in [1.165, 1.54) is 17.8 Å². The summed E-state index contributed by atoms with van der Waals surface area (Å²) in [5, 5.41) is 3.69. The van der Waals surface area contributed by atoms with Crippen LogP contribution in [0.4, 0.5) is 0 Å². The molecule has 0 radical (unpaired) electrons. The van der Waals surface area contributed by atoms with E-state index in [-0.39, 0.29) is 42.4 Å². The molecule has 0 bridgehead atoms. The molecular formula is C17H19BIN3O4. The van der Waals surface area contributed by atoms with Crippen molar-refractivity contribution in [3.63, 3.8) is 0 Å². The summed E-state index contributed by atoms with van der Waals surface area (Å²) >= 11 is 2.18. The van der Waals surface area contributed by atoms with Gasteiger partial charge in [-0.3, -0.25) is 19.0 Å². The van der Waals surface area contributed by atoms with Gasteiger partial charge in [0.15, 0.2) is 5.78 Å². The number of hydrogen-bond donors (Lipinski definition) is 1. The van der Waals surface area contributed by atoms with Gasteiger partial charge in [-0.2, -0.15) is 0 Å². The number of esters is 1. The molecule has 2 unspecified atom stereocenters. The molecule has 0 spiro atoms. The number of hydrogen-bond acceptors (Lipinski definition) is 6. The zero-order valence-corrected chi connectivity index (χ0v) is 16.8. The molecule has 1 aromatic heterocycles. The van der Waals surface area contributed by atoms with E-state index in [2.05, 4.69) is 32.9 Å². The highest BCUT2D eigenvalue weighted by atomic mass is 127. The van der Waals surface area contributed by atoms with Crippen LogP contribution in [-0.4, -0.2) is 47.8 Å². The lowest BCUT2D eigenvalue weighted by Gasteiger charge is -2.18. The Kier molecular flexibility index (Phi) is 5.76.